The van der Waals surface area contributed by atoms with Crippen LogP contribution in [0.1, 0.15) is 23.3 Å². The topological polar surface area (TPSA) is 62.5 Å². The van der Waals surface area contributed by atoms with Gasteiger partial charge in [-0.25, -0.2) is 0 Å². The van der Waals surface area contributed by atoms with Gasteiger partial charge >= 0.3 is 5.97 Å². The van der Waals surface area contributed by atoms with Crippen LogP contribution in [0.4, 0.5) is 0 Å². The summed E-state index contributed by atoms with van der Waals surface area (Å²) in [5.41, 5.74) is 0.609. The number of aryl methyl sites for hydroxylation is 1. The van der Waals surface area contributed by atoms with E-state index in [1.54, 1.807) is 37.0 Å². The minimum absolute atomic E-state index is 0.0853. The summed E-state index contributed by atoms with van der Waals surface area (Å²) >= 11 is 0. The van der Waals surface area contributed by atoms with Crippen molar-refractivity contribution in [3.63, 3.8) is 0 Å². The fourth-order valence-electron chi connectivity index (χ4n) is 1.45. The van der Waals surface area contributed by atoms with Crippen LogP contribution < -0.4 is 0 Å². The Labute approximate surface area is 94.3 Å². The van der Waals surface area contributed by atoms with Crippen LogP contribution in [0.5, 0.6) is 0 Å². The molecule has 0 spiro atoms. The lowest BCUT2D eigenvalue weighted by molar-refractivity contribution is -0.137. The van der Waals surface area contributed by atoms with Gasteiger partial charge in [0.05, 0.1) is 0 Å². The molecule has 1 rings (SSSR count). The first-order chi connectivity index (χ1) is 7.52. The number of aliphatic carboxylic acids is 1. The number of carbonyl (C=O) groups is 2. The molecule has 0 aliphatic heterocycles. The molecular formula is C11H16N2O3. The number of carboxylic acids is 1. The molecule has 0 atom stereocenters. The Bertz CT molecular complexity index is 384. The van der Waals surface area contributed by atoms with Gasteiger partial charge in [0.2, 0.25) is 0 Å². The van der Waals surface area contributed by atoms with Crippen LogP contribution in [0.3, 0.4) is 0 Å². The summed E-state index contributed by atoms with van der Waals surface area (Å²) in [5.74, 6) is -0.919. The summed E-state index contributed by atoms with van der Waals surface area (Å²) < 4.78 is 1.75. The highest BCUT2D eigenvalue weighted by Crippen LogP contribution is 2.04. The second-order valence-corrected chi connectivity index (χ2v) is 3.73. The van der Waals surface area contributed by atoms with Crippen molar-refractivity contribution < 1.29 is 14.7 Å². The fourth-order valence-corrected chi connectivity index (χ4v) is 1.45. The van der Waals surface area contributed by atoms with Crippen molar-refractivity contribution in [2.24, 2.45) is 7.05 Å². The summed E-state index contributed by atoms with van der Waals surface area (Å²) in [6.07, 6.45) is 2.37. The maximum absolute atomic E-state index is 11.9. The monoisotopic (exact) mass is 224 g/mol. The van der Waals surface area contributed by atoms with Crippen LogP contribution in [0.25, 0.3) is 0 Å². The number of hydrogen-bond acceptors (Lipinski definition) is 2. The number of carboxylic acid groups (broad SMARTS) is 1. The SMILES string of the molecule is CN(CCCC(=O)O)C(=O)c1cccn1C. The number of aromatic nitrogens is 1. The smallest absolute Gasteiger partial charge is 0.303 e. The van der Waals surface area contributed by atoms with Gasteiger partial charge in [-0.15, -0.1) is 0 Å². The molecule has 1 aromatic rings. The van der Waals surface area contributed by atoms with Gasteiger partial charge in [-0.05, 0) is 18.6 Å². The van der Waals surface area contributed by atoms with Crippen molar-refractivity contribution in [1.29, 1.82) is 0 Å². The highest BCUT2D eigenvalue weighted by atomic mass is 16.4. The average Bonchev–Trinajstić information content (AvgIpc) is 2.62. The molecule has 5 nitrogen and oxygen atoms in total. The summed E-state index contributed by atoms with van der Waals surface area (Å²) in [7, 11) is 3.48. The summed E-state index contributed by atoms with van der Waals surface area (Å²) in [5, 5.41) is 8.49. The van der Waals surface area contributed by atoms with Crippen molar-refractivity contribution >= 4 is 11.9 Å². The Morgan fingerprint density at radius 2 is 2.19 bits per heavy atom. The van der Waals surface area contributed by atoms with Gasteiger partial charge in [0.25, 0.3) is 5.91 Å². The number of amides is 1. The lowest BCUT2D eigenvalue weighted by atomic mass is 10.3. The molecule has 0 aliphatic rings. The van der Waals surface area contributed by atoms with Gasteiger partial charge in [-0.2, -0.15) is 0 Å². The normalized spacial score (nSPS) is 10.1. The van der Waals surface area contributed by atoms with Crippen LogP contribution in [0, 0.1) is 0 Å². The largest absolute Gasteiger partial charge is 0.481 e. The fraction of sp³-hybridized carbons (Fsp3) is 0.455. The van der Waals surface area contributed by atoms with E-state index < -0.39 is 5.97 Å². The number of nitrogens with zero attached hydrogens (tertiary/aromatic N) is 2. The van der Waals surface area contributed by atoms with Crippen molar-refractivity contribution in [2.45, 2.75) is 12.8 Å². The zero-order chi connectivity index (χ0) is 12.1. The molecule has 1 amide bonds. The minimum atomic E-state index is -0.834. The molecule has 0 saturated carbocycles. The third-order valence-corrected chi connectivity index (χ3v) is 2.39. The first-order valence-corrected chi connectivity index (χ1v) is 5.11. The number of hydrogen-bond donors (Lipinski definition) is 1. The highest BCUT2D eigenvalue weighted by molar-refractivity contribution is 5.92. The van der Waals surface area contributed by atoms with E-state index in [2.05, 4.69) is 0 Å². The molecule has 0 aromatic carbocycles. The number of rotatable bonds is 5. The van der Waals surface area contributed by atoms with Gasteiger partial charge in [-0.1, -0.05) is 0 Å². The Morgan fingerprint density at radius 1 is 1.50 bits per heavy atom. The lowest BCUT2D eigenvalue weighted by Gasteiger charge is -2.16. The predicted molar refractivity (Wildman–Crippen MR) is 59.2 cm³/mol. The Balaban J connectivity index is 2.49. The van der Waals surface area contributed by atoms with Crippen molar-refractivity contribution in [3.8, 4) is 0 Å². The first-order valence-electron chi connectivity index (χ1n) is 5.11. The summed E-state index contributed by atoms with van der Waals surface area (Å²) in [6, 6.07) is 3.55. The molecule has 0 fully saturated rings. The van der Waals surface area contributed by atoms with E-state index in [9.17, 15) is 9.59 Å². The van der Waals surface area contributed by atoms with Crippen LogP contribution in [0.2, 0.25) is 0 Å². The van der Waals surface area contributed by atoms with Crippen molar-refractivity contribution in [2.75, 3.05) is 13.6 Å². The van der Waals surface area contributed by atoms with Crippen LogP contribution in [-0.4, -0.2) is 40.0 Å². The minimum Gasteiger partial charge on any atom is -0.481 e. The molecule has 88 valence electrons. The van der Waals surface area contributed by atoms with E-state index in [1.807, 2.05) is 0 Å². The van der Waals surface area contributed by atoms with Crippen molar-refractivity contribution in [3.05, 3.63) is 24.0 Å². The first kappa shape index (κ1) is 12.3. The van der Waals surface area contributed by atoms with E-state index in [4.69, 9.17) is 5.11 Å². The Hall–Kier alpha value is -1.78. The van der Waals surface area contributed by atoms with Gasteiger partial charge < -0.3 is 14.6 Å². The molecular weight excluding hydrogens is 208 g/mol. The molecule has 16 heavy (non-hydrogen) atoms. The molecule has 1 heterocycles. The number of carbonyl (C=O) groups excluding carboxylic acids is 1. The van der Waals surface area contributed by atoms with Gasteiger partial charge in [0, 0.05) is 33.3 Å². The summed E-state index contributed by atoms with van der Waals surface area (Å²) in [4.78, 5) is 23.7. The molecule has 0 unspecified atom stereocenters. The maximum Gasteiger partial charge on any atom is 0.303 e. The zero-order valence-corrected chi connectivity index (χ0v) is 9.51. The Morgan fingerprint density at radius 3 is 2.69 bits per heavy atom. The van der Waals surface area contributed by atoms with E-state index in [-0.39, 0.29) is 12.3 Å². The molecule has 0 aliphatic carbocycles. The standard InChI is InChI=1S/C11H16N2O3/c1-12-7-3-5-9(12)11(16)13(2)8-4-6-10(14)15/h3,5,7H,4,6,8H2,1-2H3,(H,14,15). The molecule has 0 saturated heterocycles. The predicted octanol–water partition coefficient (Wildman–Crippen LogP) is 0.962. The molecule has 0 radical (unpaired) electrons. The van der Waals surface area contributed by atoms with Crippen LogP contribution in [0.15, 0.2) is 18.3 Å². The Kier molecular flexibility index (Phi) is 4.10. The van der Waals surface area contributed by atoms with E-state index in [0.717, 1.165) is 0 Å². The molecule has 1 N–H and O–H groups in total. The van der Waals surface area contributed by atoms with Gasteiger partial charge in [-0.3, -0.25) is 9.59 Å². The average molecular weight is 224 g/mol. The molecule has 0 bridgehead atoms. The maximum atomic E-state index is 11.9. The molecule has 1 aromatic heterocycles. The molecule has 5 heteroatoms. The van der Waals surface area contributed by atoms with E-state index >= 15 is 0 Å². The summed E-state index contributed by atoms with van der Waals surface area (Å²) in [6.45, 7) is 0.455. The van der Waals surface area contributed by atoms with Gasteiger partial charge in [0.15, 0.2) is 0 Å². The zero-order valence-electron chi connectivity index (χ0n) is 9.51. The lowest BCUT2D eigenvalue weighted by Crippen LogP contribution is -2.29. The highest BCUT2D eigenvalue weighted by Gasteiger charge is 2.13. The van der Waals surface area contributed by atoms with E-state index in [1.165, 1.54) is 4.90 Å². The van der Waals surface area contributed by atoms with Crippen molar-refractivity contribution in [1.82, 2.24) is 9.47 Å². The second kappa shape index (κ2) is 5.34. The van der Waals surface area contributed by atoms with Crippen LogP contribution in [-0.2, 0) is 11.8 Å². The second-order valence-electron chi connectivity index (χ2n) is 3.73. The third-order valence-electron chi connectivity index (χ3n) is 2.39. The van der Waals surface area contributed by atoms with Gasteiger partial charge in [0.1, 0.15) is 5.69 Å². The quantitative estimate of drug-likeness (QED) is 0.810. The van der Waals surface area contributed by atoms with Crippen LogP contribution >= 0.6 is 0 Å². The van der Waals surface area contributed by atoms with E-state index in [0.29, 0.717) is 18.7 Å². The third kappa shape index (κ3) is 3.12.